The molecule has 0 aromatic heterocycles. The van der Waals surface area contributed by atoms with Gasteiger partial charge in [0.1, 0.15) is 11.1 Å². The van der Waals surface area contributed by atoms with E-state index >= 15 is 0 Å². The van der Waals surface area contributed by atoms with Gasteiger partial charge in [-0.05, 0) is 43.5 Å². The van der Waals surface area contributed by atoms with Crippen LogP contribution in [0.3, 0.4) is 0 Å². The third-order valence-corrected chi connectivity index (χ3v) is 2.86. The van der Waals surface area contributed by atoms with Gasteiger partial charge in [0.25, 0.3) is 0 Å². The van der Waals surface area contributed by atoms with E-state index in [9.17, 15) is 4.79 Å². The van der Waals surface area contributed by atoms with E-state index < -0.39 is 11.3 Å². The Bertz CT molecular complexity index is 351. The molecule has 0 aliphatic carbocycles. The number of alkyl halides is 1. The number of halogens is 2. The molecular weight excluding hydrogens is 263 g/mol. The molecule has 0 amide bonds. The largest absolute Gasteiger partial charge is 0.494 e. The minimum Gasteiger partial charge on any atom is -0.494 e. The van der Waals surface area contributed by atoms with Crippen LogP contribution < -0.4 is 4.74 Å². The molecule has 1 aromatic carbocycles. The molecule has 0 aliphatic heterocycles. The van der Waals surface area contributed by atoms with E-state index in [1.54, 1.807) is 24.3 Å². The summed E-state index contributed by atoms with van der Waals surface area (Å²) in [4.78, 5) is 10.4. The van der Waals surface area contributed by atoms with Crippen molar-refractivity contribution in [2.75, 3.05) is 6.61 Å². The Morgan fingerprint density at radius 1 is 1.29 bits per heavy atom. The quantitative estimate of drug-likeness (QED) is 0.612. The van der Waals surface area contributed by atoms with Gasteiger partial charge < -0.3 is 9.84 Å². The molecule has 1 unspecified atom stereocenters. The number of ether oxygens (including phenoxy) is 1. The zero-order valence-electron chi connectivity index (χ0n) is 9.23. The Hall–Kier alpha value is -0.930. The number of benzene rings is 1. The topological polar surface area (TPSA) is 46.5 Å². The summed E-state index contributed by atoms with van der Waals surface area (Å²) in [6.45, 7) is 0.546. The van der Waals surface area contributed by atoms with E-state index in [2.05, 4.69) is 0 Å². The number of unbranched alkanes of at least 4 members (excludes halogenated alkanes) is 1. The van der Waals surface area contributed by atoms with Crippen LogP contribution in [0.15, 0.2) is 24.3 Å². The summed E-state index contributed by atoms with van der Waals surface area (Å²) < 4.78 is 5.45. The summed E-state index contributed by atoms with van der Waals surface area (Å²) >= 11 is 11.3. The molecule has 17 heavy (non-hydrogen) atoms. The zero-order chi connectivity index (χ0) is 12.7. The number of carboxylic acids is 1. The highest BCUT2D eigenvalue weighted by Gasteiger charge is 2.12. The Kier molecular flexibility index (Phi) is 6.16. The first-order valence-corrected chi connectivity index (χ1v) is 6.16. The monoisotopic (exact) mass is 276 g/mol. The Labute approximate surface area is 110 Å². The van der Waals surface area contributed by atoms with Gasteiger partial charge in [0.05, 0.1) is 6.61 Å². The van der Waals surface area contributed by atoms with Crippen LogP contribution in [0.4, 0.5) is 0 Å². The molecule has 0 fully saturated rings. The second-order valence-electron chi connectivity index (χ2n) is 3.60. The van der Waals surface area contributed by atoms with E-state index in [1.807, 2.05) is 0 Å². The van der Waals surface area contributed by atoms with Crippen LogP contribution in [0.25, 0.3) is 0 Å². The van der Waals surface area contributed by atoms with Crippen LogP contribution in [-0.2, 0) is 4.79 Å². The van der Waals surface area contributed by atoms with Crippen molar-refractivity contribution in [2.45, 2.75) is 24.6 Å². The number of carbonyl (C=O) groups is 1. The average molecular weight is 277 g/mol. The van der Waals surface area contributed by atoms with E-state index in [-0.39, 0.29) is 0 Å². The number of carboxylic acid groups (broad SMARTS) is 1. The third-order valence-electron chi connectivity index (χ3n) is 2.20. The maximum Gasteiger partial charge on any atom is 0.321 e. The predicted molar refractivity (Wildman–Crippen MR) is 68.1 cm³/mol. The first kappa shape index (κ1) is 14.1. The lowest BCUT2D eigenvalue weighted by Gasteiger charge is -2.07. The highest BCUT2D eigenvalue weighted by Crippen LogP contribution is 2.16. The van der Waals surface area contributed by atoms with Crippen molar-refractivity contribution in [3.63, 3.8) is 0 Å². The number of hydrogen-bond acceptors (Lipinski definition) is 2. The van der Waals surface area contributed by atoms with Crippen molar-refractivity contribution in [3.05, 3.63) is 29.3 Å². The van der Waals surface area contributed by atoms with Crippen LogP contribution >= 0.6 is 23.2 Å². The van der Waals surface area contributed by atoms with Crippen molar-refractivity contribution in [1.82, 2.24) is 0 Å². The van der Waals surface area contributed by atoms with Gasteiger partial charge in [-0.1, -0.05) is 11.6 Å². The molecule has 1 atom stereocenters. The Balaban J connectivity index is 2.12. The predicted octanol–water partition coefficient (Wildman–Crippen LogP) is 3.58. The molecule has 0 spiro atoms. The minimum absolute atomic E-state index is 0.459. The van der Waals surface area contributed by atoms with Gasteiger partial charge in [-0.15, -0.1) is 11.6 Å². The first-order chi connectivity index (χ1) is 8.09. The van der Waals surface area contributed by atoms with Gasteiger partial charge in [-0.2, -0.15) is 0 Å². The standard InChI is InChI=1S/C12H14Cl2O3/c13-9-4-6-10(7-5-9)17-8-2-1-3-11(14)12(15)16/h4-7,11H,1-3,8H2,(H,15,16). The maximum atomic E-state index is 10.4. The van der Waals surface area contributed by atoms with Gasteiger partial charge in [-0.3, -0.25) is 4.79 Å². The smallest absolute Gasteiger partial charge is 0.321 e. The number of hydrogen-bond donors (Lipinski definition) is 1. The van der Waals surface area contributed by atoms with Gasteiger partial charge in [0.2, 0.25) is 0 Å². The Morgan fingerprint density at radius 3 is 2.53 bits per heavy atom. The van der Waals surface area contributed by atoms with E-state index in [4.69, 9.17) is 33.0 Å². The molecule has 0 bridgehead atoms. The fourth-order valence-electron chi connectivity index (χ4n) is 1.27. The van der Waals surface area contributed by atoms with Crippen LogP contribution in [-0.4, -0.2) is 23.1 Å². The molecule has 1 N–H and O–H groups in total. The van der Waals surface area contributed by atoms with E-state index in [1.165, 1.54) is 0 Å². The molecule has 0 heterocycles. The van der Waals surface area contributed by atoms with Crippen molar-refractivity contribution in [2.24, 2.45) is 0 Å². The molecule has 5 heteroatoms. The van der Waals surface area contributed by atoms with Crippen molar-refractivity contribution in [3.8, 4) is 5.75 Å². The molecule has 3 nitrogen and oxygen atoms in total. The second-order valence-corrected chi connectivity index (χ2v) is 4.57. The van der Waals surface area contributed by atoms with Gasteiger partial charge in [-0.25, -0.2) is 0 Å². The summed E-state index contributed by atoms with van der Waals surface area (Å²) in [5, 5.41) is 8.44. The summed E-state index contributed by atoms with van der Waals surface area (Å²) in [5.74, 6) is -0.208. The molecule has 0 radical (unpaired) electrons. The van der Waals surface area contributed by atoms with Crippen LogP contribution in [0.1, 0.15) is 19.3 Å². The lowest BCUT2D eigenvalue weighted by Crippen LogP contribution is -2.13. The average Bonchev–Trinajstić information content (AvgIpc) is 2.30. The molecular formula is C12H14Cl2O3. The number of rotatable bonds is 7. The lowest BCUT2D eigenvalue weighted by atomic mass is 10.2. The highest BCUT2D eigenvalue weighted by molar-refractivity contribution is 6.30. The SMILES string of the molecule is O=C(O)C(Cl)CCCCOc1ccc(Cl)cc1. The second kappa shape index (κ2) is 7.41. The highest BCUT2D eigenvalue weighted by atomic mass is 35.5. The molecule has 1 aromatic rings. The maximum absolute atomic E-state index is 10.4. The third kappa shape index (κ3) is 5.80. The van der Waals surface area contributed by atoms with Crippen LogP contribution in [0.5, 0.6) is 5.75 Å². The van der Waals surface area contributed by atoms with E-state index in [0.717, 1.165) is 18.6 Å². The summed E-state index contributed by atoms with van der Waals surface area (Å²) in [7, 11) is 0. The van der Waals surface area contributed by atoms with Crippen molar-refractivity contribution < 1.29 is 14.6 Å². The van der Waals surface area contributed by atoms with Crippen LogP contribution in [0.2, 0.25) is 5.02 Å². The van der Waals surface area contributed by atoms with Gasteiger partial charge in [0, 0.05) is 5.02 Å². The van der Waals surface area contributed by atoms with E-state index in [0.29, 0.717) is 18.1 Å². The molecule has 0 saturated carbocycles. The normalized spacial score (nSPS) is 12.1. The zero-order valence-corrected chi connectivity index (χ0v) is 10.7. The van der Waals surface area contributed by atoms with Crippen molar-refractivity contribution >= 4 is 29.2 Å². The van der Waals surface area contributed by atoms with Gasteiger partial charge in [0.15, 0.2) is 0 Å². The lowest BCUT2D eigenvalue weighted by molar-refractivity contribution is -0.136. The number of aliphatic carboxylic acids is 1. The summed E-state index contributed by atoms with van der Waals surface area (Å²) in [6.07, 6.45) is 1.97. The molecule has 94 valence electrons. The fraction of sp³-hybridized carbons (Fsp3) is 0.417. The molecule has 0 aliphatic rings. The van der Waals surface area contributed by atoms with Crippen molar-refractivity contribution in [1.29, 1.82) is 0 Å². The molecule has 1 rings (SSSR count). The fourth-order valence-corrected chi connectivity index (χ4v) is 1.55. The molecule has 0 saturated heterocycles. The Morgan fingerprint density at radius 2 is 1.94 bits per heavy atom. The first-order valence-electron chi connectivity index (χ1n) is 5.35. The summed E-state index contributed by atoms with van der Waals surface area (Å²) in [5.41, 5.74) is 0. The summed E-state index contributed by atoms with van der Waals surface area (Å²) in [6, 6.07) is 7.11. The minimum atomic E-state index is -0.967. The van der Waals surface area contributed by atoms with Crippen LogP contribution in [0, 0.1) is 0 Å². The van der Waals surface area contributed by atoms with Gasteiger partial charge >= 0.3 is 5.97 Å².